The molecule has 1 N–H and O–H groups in total. The second kappa shape index (κ2) is 7.72. The van der Waals surface area contributed by atoms with Crippen LogP contribution in [0, 0.1) is 17.0 Å². The lowest BCUT2D eigenvalue weighted by Crippen LogP contribution is -2.27. The van der Waals surface area contributed by atoms with Crippen LogP contribution >= 0.6 is 0 Å². The Morgan fingerprint density at radius 2 is 2.00 bits per heavy atom. The van der Waals surface area contributed by atoms with Gasteiger partial charge in [-0.05, 0) is 42.3 Å². The zero-order chi connectivity index (χ0) is 19.4. The van der Waals surface area contributed by atoms with E-state index in [0.717, 1.165) is 5.56 Å². The molecule has 2 aromatic rings. The van der Waals surface area contributed by atoms with Crippen molar-refractivity contribution in [1.82, 2.24) is 4.72 Å². The van der Waals surface area contributed by atoms with Gasteiger partial charge in [0.25, 0.3) is 5.69 Å². The molecule has 2 aromatic carbocycles. The molecule has 0 fully saturated rings. The molecule has 142 valence electrons. The highest BCUT2D eigenvalue weighted by molar-refractivity contribution is 7.89. The maximum Gasteiger partial charge on any atom is 0.289 e. The Morgan fingerprint density at radius 1 is 1.22 bits per heavy atom. The summed E-state index contributed by atoms with van der Waals surface area (Å²) in [4.78, 5) is 14.2. The van der Waals surface area contributed by atoms with Crippen LogP contribution in [0.15, 0.2) is 46.3 Å². The molecule has 0 radical (unpaired) electrons. The van der Waals surface area contributed by atoms with Gasteiger partial charge in [0.2, 0.25) is 16.8 Å². The second-order valence-corrected chi connectivity index (χ2v) is 7.51. The molecule has 0 atom stereocenters. The molecule has 0 saturated carbocycles. The number of aliphatic imine (C=N–C) groups is 1. The summed E-state index contributed by atoms with van der Waals surface area (Å²) >= 11 is 0. The quantitative estimate of drug-likeness (QED) is 0.334. The molecule has 1 heterocycles. The molecule has 0 aliphatic carbocycles. The molecule has 0 spiro atoms. The van der Waals surface area contributed by atoms with E-state index in [0.29, 0.717) is 17.1 Å². The third-order valence-electron chi connectivity index (χ3n) is 3.77. The Balaban J connectivity index is 1.61. The van der Waals surface area contributed by atoms with E-state index in [1.165, 1.54) is 18.2 Å². The lowest BCUT2D eigenvalue weighted by Gasteiger charge is -2.07. The molecule has 0 aromatic heterocycles. The van der Waals surface area contributed by atoms with Crippen LogP contribution in [0.25, 0.3) is 0 Å². The van der Waals surface area contributed by atoms with Crippen LogP contribution in [0.5, 0.6) is 11.5 Å². The number of aryl methyl sites for hydroxylation is 1. The van der Waals surface area contributed by atoms with Crippen molar-refractivity contribution in [2.45, 2.75) is 11.8 Å². The standard InChI is InChI=1S/C17H17N3O6S/c1-12-2-5-17(14(8-12)20(21)22)27(23,24)19-7-6-18-10-13-3-4-15-16(9-13)26-11-25-15/h2-5,8-10,19H,6-7,11H2,1H3. The number of benzene rings is 2. The van der Waals surface area contributed by atoms with Crippen molar-refractivity contribution < 1.29 is 22.8 Å². The SMILES string of the molecule is Cc1ccc(S(=O)(=O)NCCN=Cc2ccc3c(c2)OCO3)c([N+](=O)[O-])c1. The first-order valence-electron chi connectivity index (χ1n) is 8.01. The van der Waals surface area contributed by atoms with Gasteiger partial charge in [-0.1, -0.05) is 6.07 Å². The lowest BCUT2D eigenvalue weighted by molar-refractivity contribution is -0.387. The molecule has 0 bridgehead atoms. The fourth-order valence-electron chi connectivity index (χ4n) is 2.48. The van der Waals surface area contributed by atoms with Gasteiger partial charge in [0.05, 0.1) is 11.5 Å². The summed E-state index contributed by atoms with van der Waals surface area (Å²) in [6, 6.07) is 9.31. The lowest BCUT2D eigenvalue weighted by atomic mass is 10.2. The first-order valence-corrected chi connectivity index (χ1v) is 9.49. The fraction of sp³-hybridized carbons (Fsp3) is 0.235. The van der Waals surface area contributed by atoms with Crippen LogP contribution in [0.4, 0.5) is 5.69 Å². The van der Waals surface area contributed by atoms with Crippen molar-refractivity contribution in [2.75, 3.05) is 19.9 Å². The summed E-state index contributed by atoms with van der Waals surface area (Å²) in [7, 11) is -4.01. The number of hydrogen-bond acceptors (Lipinski definition) is 7. The molecule has 1 aliphatic heterocycles. The Labute approximate surface area is 155 Å². The van der Waals surface area contributed by atoms with Gasteiger partial charge in [-0.3, -0.25) is 15.1 Å². The number of hydrogen-bond donors (Lipinski definition) is 1. The van der Waals surface area contributed by atoms with E-state index in [1.807, 2.05) is 0 Å². The molecule has 9 nitrogen and oxygen atoms in total. The van der Waals surface area contributed by atoms with Gasteiger partial charge in [0, 0.05) is 18.8 Å². The third kappa shape index (κ3) is 4.41. The average Bonchev–Trinajstić information content (AvgIpc) is 3.08. The topological polar surface area (TPSA) is 120 Å². The Hall–Kier alpha value is -2.98. The normalized spacial score (nSPS) is 13.2. The van der Waals surface area contributed by atoms with E-state index in [9.17, 15) is 18.5 Å². The van der Waals surface area contributed by atoms with Gasteiger partial charge < -0.3 is 9.47 Å². The summed E-state index contributed by atoms with van der Waals surface area (Å²) in [5.74, 6) is 1.30. The van der Waals surface area contributed by atoms with E-state index in [2.05, 4.69) is 9.71 Å². The van der Waals surface area contributed by atoms with E-state index in [1.54, 1.807) is 31.3 Å². The van der Waals surface area contributed by atoms with Crippen molar-refractivity contribution in [3.8, 4) is 11.5 Å². The number of nitrogens with one attached hydrogen (secondary N) is 1. The molecular formula is C17H17N3O6S. The summed E-state index contributed by atoms with van der Waals surface area (Å²) in [6.45, 7) is 2.02. The average molecular weight is 391 g/mol. The van der Waals surface area contributed by atoms with Gasteiger partial charge >= 0.3 is 0 Å². The number of nitro groups is 1. The van der Waals surface area contributed by atoms with Crippen molar-refractivity contribution in [3.63, 3.8) is 0 Å². The minimum Gasteiger partial charge on any atom is -0.454 e. The number of fused-ring (bicyclic) bond motifs is 1. The Morgan fingerprint density at radius 3 is 2.78 bits per heavy atom. The van der Waals surface area contributed by atoms with Gasteiger partial charge in [-0.15, -0.1) is 0 Å². The maximum absolute atomic E-state index is 12.3. The van der Waals surface area contributed by atoms with Crippen LogP contribution in [-0.4, -0.2) is 39.4 Å². The van der Waals surface area contributed by atoms with Crippen molar-refractivity contribution in [1.29, 1.82) is 0 Å². The van der Waals surface area contributed by atoms with Crippen LogP contribution in [-0.2, 0) is 10.0 Å². The number of ether oxygens (including phenoxy) is 2. The van der Waals surface area contributed by atoms with Crippen LogP contribution in [0.1, 0.15) is 11.1 Å². The summed E-state index contributed by atoms with van der Waals surface area (Å²) in [5, 5.41) is 11.1. The van der Waals surface area contributed by atoms with Gasteiger partial charge in [-0.25, -0.2) is 13.1 Å². The van der Waals surface area contributed by atoms with Crippen molar-refractivity contribution in [3.05, 3.63) is 57.6 Å². The van der Waals surface area contributed by atoms with Gasteiger partial charge in [-0.2, -0.15) is 0 Å². The molecule has 10 heteroatoms. The van der Waals surface area contributed by atoms with Gasteiger partial charge in [0.15, 0.2) is 16.4 Å². The highest BCUT2D eigenvalue weighted by atomic mass is 32.2. The monoisotopic (exact) mass is 391 g/mol. The minimum absolute atomic E-state index is 0.00835. The van der Waals surface area contributed by atoms with Gasteiger partial charge in [0.1, 0.15) is 0 Å². The van der Waals surface area contributed by atoms with Crippen molar-refractivity contribution in [2.24, 2.45) is 4.99 Å². The summed E-state index contributed by atoms with van der Waals surface area (Å²) in [6.07, 6.45) is 1.59. The molecule has 1 aliphatic rings. The molecular weight excluding hydrogens is 374 g/mol. The first-order chi connectivity index (χ1) is 12.9. The molecule has 0 amide bonds. The van der Waals surface area contributed by atoms with Crippen LogP contribution in [0.2, 0.25) is 0 Å². The highest BCUT2D eigenvalue weighted by Gasteiger charge is 2.25. The predicted octanol–water partition coefficient (Wildman–Crippen LogP) is 2.03. The molecule has 27 heavy (non-hydrogen) atoms. The largest absolute Gasteiger partial charge is 0.454 e. The zero-order valence-electron chi connectivity index (χ0n) is 14.4. The minimum atomic E-state index is -4.01. The predicted molar refractivity (Wildman–Crippen MR) is 98.0 cm³/mol. The first kappa shape index (κ1) is 18.8. The maximum atomic E-state index is 12.3. The number of nitrogens with zero attached hydrogens (tertiary/aromatic N) is 2. The van der Waals surface area contributed by atoms with E-state index < -0.39 is 20.6 Å². The second-order valence-electron chi connectivity index (χ2n) is 5.77. The van der Waals surface area contributed by atoms with Crippen LogP contribution in [0.3, 0.4) is 0 Å². The number of nitro benzene ring substituents is 1. The third-order valence-corrected chi connectivity index (χ3v) is 5.28. The zero-order valence-corrected chi connectivity index (χ0v) is 15.2. The van der Waals surface area contributed by atoms with E-state index in [-0.39, 0.29) is 24.8 Å². The molecule has 0 unspecified atom stereocenters. The summed E-state index contributed by atoms with van der Waals surface area (Å²) in [5.41, 5.74) is 0.941. The fourth-order valence-corrected chi connectivity index (χ4v) is 3.65. The Kier molecular flexibility index (Phi) is 5.38. The molecule has 3 rings (SSSR count). The summed E-state index contributed by atoms with van der Waals surface area (Å²) < 4.78 is 37.5. The van der Waals surface area contributed by atoms with Crippen molar-refractivity contribution >= 4 is 21.9 Å². The number of sulfonamides is 1. The Bertz CT molecular complexity index is 1000. The molecule has 0 saturated heterocycles. The smallest absolute Gasteiger partial charge is 0.289 e. The number of rotatable bonds is 7. The van der Waals surface area contributed by atoms with E-state index in [4.69, 9.17) is 9.47 Å². The highest BCUT2D eigenvalue weighted by Crippen LogP contribution is 2.32. The van der Waals surface area contributed by atoms with Crippen LogP contribution < -0.4 is 14.2 Å². The van der Waals surface area contributed by atoms with E-state index >= 15 is 0 Å².